The quantitative estimate of drug-likeness (QED) is 0.771. The van der Waals surface area contributed by atoms with E-state index in [-0.39, 0.29) is 5.92 Å². The van der Waals surface area contributed by atoms with Crippen LogP contribution in [0.4, 0.5) is 5.82 Å². The highest BCUT2D eigenvalue weighted by Crippen LogP contribution is 2.38. The molecule has 0 bridgehead atoms. The van der Waals surface area contributed by atoms with Crippen LogP contribution in [-0.4, -0.2) is 42.0 Å². The Morgan fingerprint density at radius 2 is 1.83 bits per heavy atom. The third kappa shape index (κ3) is 3.07. The molecule has 2 saturated heterocycles. The molecule has 1 aromatic rings. The molecule has 3 heterocycles. The van der Waals surface area contributed by atoms with Crippen LogP contribution in [0, 0.1) is 24.7 Å². The van der Waals surface area contributed by atoms with Crippen LogP contribution in [0.25, 0.3) is 0 Å². The summed E-state index contributed by atoms with van der Waals surface area (Å²) in [5, 5.41) is 0. The lowest BCUT2D eigenvalue weighted by atomic mass is 9.95. The van der Waals surface area contributed by atoms with Crippen molar-refractivity contribution in [2.24, 2.45) is 17.8 Å². The zero-order valence-electron chi connectivity index (χ0n) is 14.4. The number of amides is 1. The van der Waals surface area contributed by atoms with E-state index in [4.69, 9.17) is 0 Å². The van der Waals surface area contributed by atoms with Crippen molar-refractivity contribution in [1.82, 2.24) is 9.88 Å². The monoisotopic (exact) mass is 391 g/mol. The maximum atomic E-state index is 12.9. The molecule has 130 valence electrons. The number of likely N-dealkylation sites (tertiary alicyclic amines) is 1. The maximum absolute atomic E-state index is 12.9. The minimum Gasteiger partial charge on any atom is -0.356 e. The Balaban J connectivity index is 1.35. The molecule has 1 amide bonds. The van der Waals surface area contributed by atoms with Gasteiger partial charge in [-0.05, 0) is 72.0 Å². The van der Waals surface area contributed by atoms with E-state index in [9.17, 15) is 4.79 Å². The molecule has 2 unspecified atom stereocenters. The summed E-state index contributed by atoms with van der Waals surface area (Å²) in [7, 11) is 0. The fraction of sp³-hybridized carbons (Fsp3) is 0.684. The van der Waals surface area contributed by atoms with Gasteiger partial charge >= 0.3 is 0 Å². The van der Waals surface area contributed by atoms with Crippen molar-refractivity contribution < 1.29 is 4.79 Å². The zero-order chi connectivity index (χ0) is 16.7. The van der Waals surface area contributed by atoms with Crippen molar-refractivity contribution in [1.29, 1.82) is 0 Å². The Morgan fingerprint density at radius 3 is 2.46 bits per heavy atom. The summed E-state index contributed by atoms with van der Waals surface area (Å²) in [4.78, 5) is 22.0. The van der Waals surface area contributed by atoms with Crippen molar-refractivity contribution in [2.75, 3.05) is 31.1 Å². The van der Waals surface area contributed by atoms with Crippen molar-refractivity contribution >= 4 is 27.7 Å². The normalized spacial score (nSPS) is 27.6. The van der Waals surface area contributed by atoms with E-state index in [1.165, 1.54) is 24.8 Å². The first-order valence-electron chi connectivity index (χ1n) is 9.27. The molecule has 4 rings (SSSR count). The van der Waals surface area contributed by atoms with Gasteiger partial charge in [0.05, 0.1) is 0 Å². The van der Waals surface area contributed by atoms with Gasteiger partial charge in [0.2, 0.25) is 5.91 Å². The fourth-order valence-corrected chi connectivity index (χ4v) is 5.32. The van der Waals surface area contributed by atoms with Gasteiger partial charge in [0.1, 0.15) is 5.82 Å². The van der Waals surface area contributed by atoms with Gasteiger partial charge in [-0.15, -0.1) is 0 Å². The lowest BCUT2D eigenvalue weighted by Crippen LogP contribution is -2.42. The highest BCUT2D eigenvalue weighted by Gasteiger charge is 2.40. The fourth-order valence-electron chi connectivity index (χ4n) is 4.88. The highest BCUT2D eigenvalue weighted by molar-refractivity contribution is 9.10. The number of hydrogen-bond acceptors (Lipinski definition) is 3. The SMILES string of the molecule is Cc1cc(Br)cnc1N1CCC(C(=O)N2CC3CCCC3C2)CC1. The molecule has 4 nitrogen and oxygen atoms in total. The third-order valence-electron chi connectivity index (χ3n) is 6.20. The molecule has 1 saturated carbocycles. The molecule has 5 heteroatoms. The van der Waals surface area contributed by atoms with Gasteiger partial charge in [-0.2, -0.15) is 0 Å². The number of aryl methyl sites for hydroxylation is 1. The number of carbonyl (C=O) groups is 1. The standard InChI is InChI=1S/C19H26BrN3O/c1-13-9-17(20)10-21-18(13)22-7-5-14(6-8-22)19(24)23-11-15-3-2-4-16(15)12-23/h9-10,14-16H,2-8,11-12H2,1H3. The van der Waals surface area contributed by atoms with Gasteiger partial charge in [-0.3, -0.25) is 4.79 Å². The van der Waals surface area contributed by atoms with E-state index in [0.717, 1.165) is 61.1 Å². The van der Waals surface area contributed by atoms with Crippen LogP contribution in [0.3, 0.4) is 0 Å². The van der Waals surface area contributed by atoms with Gasteiger partial charge in [0, 0.05) is 42.8 Å². The molecule has 0 N–H and O–H groups in total. The van der Waals surface area contributed by atoms with E-state index >= 15 is 0 Å². The summed E-state index contributed by atoms with van der Waals surface area (Å²) in [6, 6.07) is 2.11. The zero-order valence-corrected chi connectivity index (χ0v) is 16.0. The third-order valence-corrected chi connectivity index (χ3v) is 6.63. The molecular formula is C19H26BrN3O. The number of aromatic nitrogens is 1. The summed E-state index contributed by atoms with van der Waals surface area (Å²) in [5.41, 5.74) is 1.20. The molecule has 3 aliphatic rings. The molecule has 1 aromatic heterocycles. The smallest absolute Gasteiger partial charge is 0.225 e. The van der Waals surface area contributed by atoms with Gasteiger partial charge in [0.15, 0.2) is 0 Å². The average molecular weight is 392 g/mol. The summed E-state index contributed by atoms with van der Waals surface area (Å²) >= 11 is 3.48. The first-order chi connectivity index (χ1) is 11.6. The van der Waals surface area contributed by atoms with E-state index in [0.29, 0.717) is 5.91 Å². The average Bonchev–Trinajstić information content (AvgIpc) is 3.16. The van der Waals surface area contributed by atoms with Crippen molar-refractivity contribution in [2.45, 2.75) is 39.0 Å². The first kappa shape index (κ1) is 16.4. The lowest BCUT2D eigenvalue weighted by Gasteiger charge is -2.34. The first-order valence-corrected chi connectivity index (χ1v) is 10.1. The molecule has 24 heavy (non-hydrogen) atoms. The number of piperidine rings is 1. The lowest BCUT2D eigenvalue weighted by molar-refractivity contribution is -0.135. The van der Waals surface area contributed by atoms with Crippen LogP contribution >= 0.6 is 15.9 Å². The predicted molar refractivity (Wildman–Crippen MR) is 99.0 cm³/mol. The number of nitrogens with zero attached hydrogens (tertiary/aromatic N) is 3. The Kier molecular flexibility index (Phi) is 4.54. The van der Waals surface area contributed by atoms with Crippen LogP contribution in [-0.2, 0) is 4.79 Å². The highest BCUT2D eigenvalue weighted by atomic mass is 79.9. The van der Waals surface area contributed by atoms with E-state index in [1.54, 1.807) is 0 Å². The molecular weight excluding hydrogens is 366 g/mol. The Labute approximate surface area is 152 Å². The number of carbonyl (C=O) groups excluding carboxylic acids is 1. The van der Waals surface area contributed by atoms with Gasteiger partial charge in [-0.25, -0.2) is 4.98 Å². The summed E-state index contributed by atoms with van der Waals surface area (Å²) in [5.74, 6) is 3.30. The molecule has 0 aromatic carbocycles. The van der Waals surface area contributed by atoms with E-state index in [2.05, 4.69) is 43.7 Å². The minimum atomic E-state index is 0.218. The number of halogens is 1. The second-order valence-electron chi connectivity index (χ2n) is 7.75. The van der Waals surface area contributed by atoms with Crippen LogP contribution in [0.2, 0.25) is 0 Å². The number of rotatable bonds is 2. The number of anilines is 1. The van der Waals surface area contributed by atoms with Crippen molar-refractivity contribution in [3.63, 3.8) is 0 Å². The van der Waals surface area contributed by atoms with Crippen LogP contribution < -0.4 is 4.90 Å². The van der Waals surface area contributed by atoms with Crippen molar-refractivity contribution in [3.05, 3.63) is 22.3 Å². The summed E-state index contributed by atoms with van der Waals surface area (Å²) < 4.78 is 1.02. The van der Waals surface area contributed by atoms with Gasteiger partial charge in [-0.1, -0.05) is 6.42 Å². The Morgan fingerprint density at radius 1 is 1.17 bits per heavy atom. The van der Waals surface area contributed by atoms with Gasteiger partial charge in [0.25, 0.3) is 0 Å². The largest absolute Gasteiger partial charge is 0.356 e. The second kappa shape index (κ2) is 6.66. The summed E-state index contributed by atoms with van der Waals surface area (Å²) in [6.07, 6.45) is 7.82. The topological polar surface area (TPSA) is 36.4 Å². The molecule has 3 fully saturated rings. The number of fused-ring (bicyclic) bond motifs is 1. The molecule has 0 spiro atoms. The molecule has 1 aliphatic carbocycles. The van der Waals surface area contributed by atoms with E-state index in [1.807, 2.05) is 6.20 Å². The van der Waals surface area contributed by atoms with Crippen LogP contribution in [0.5, 0.6) is 0 Å². The van der Waals surface area contributed by atoms with Crippen LogP contribution in [0.1, 0.15) is 37.7 Å². The maximum Gasteiger partial charge on any atom is 0.225 e. The number of pyridine rings is 1. The molecule has 2 aliphatic heterocycles. The van der Waals surface area contributed by atoms with E-state index < -0.39 is 0 Å². The second-order valence-corrected chi connectivity index (χ2v) is 8.67. The van der Waals surface area contributed by atoms with Gasteiger partial charge < -0.3 is 9.80 Å². The molecule has 2 atom stereocenters. The van der Waals surface area contributed by atoms with Crippen LogP contribution in [0.15, 0.2) is 16.7 Å². The predicted octanol–water partition coefficient (Wildman–Crippen LogP) is 3.63. The number of hydrogen-bond donors (Lipinski definition) is 0. The summed E-state index contributed by atoms with van der Waals surface area (Å²) in [6.45, 7) is 6.03. The van der Waals surface area contributed by atoms with Crippen molar-refractivity contribution in [3.8, 4) is 0 Å². The Bertz CT molecular complexity index is 615. The molecule has 0 radical (unpaired) electrons. The Hall–Kier alpha value is -1.10. The minimum absolute atomic E-state index is 0.218.